The first-order valence-electron chi connectivity index (χ1n) is 5.14. The highest BCUT2D eigenvalue weighted by atomic mass is 32.1. The maximum Gasteiger partial charge on any atom is 0.147 e. The van der Waals surface area contributed by atoms with Gasteiger partial charge in [-0.25, -0.2) is 9.97 Å². The van der Waals surface area contributed by atoms with Crippen LogP contribution in [-0.4, -0.2) is 28.0 Å². The Bertz CT molecular complexity index is 343. The zero-order chi connectivity index (χ0) is 10.7. The van der Waals surface area contributed by atoms with Gasteiger partial charge in [0.15, 0.2) is 0 Å². The minimum absolute atomic E-state index is 0.299. The summed E-state index contributed by atoms with van der Waals surface area (Å²) in [6.45, 7) is 2.14. The van der Waals surface area contributed by atoms with E-state index in [0.29, 0.717) is 10.7 Å². The lowest BCUT2D eigenvalue weighted by Crippen LogP contribution is -2.30. The molecule has 80 valence electrons. The zero-order valence-corrected chi connectivity index (χ0v) is 9.33. The van der Waals surface area contributed by atoms with Crippen LogP contribution >= 0.6 is 12.2 Å². The van der Waals surface area contributed by atoms with E-state index < -0.39 is 0 Å². The second-order valence-corrected chi connectivity index (χ2v) is 4.11. The van der Waals surface area contributed by atoms with Gasteiger partial charge < -0.3 is 10.6 Å². The molecule has 0 unspecified atom stereocenters. The van der Waals surface area contributed by atoms with E-state index in [-0.39, 0.29) is 0 Å². The molecule has 1 aliphatic rings. The van der Waals surface area contributed by atoms with Gasteiger partial charge in [-0.2, -0.15) is 0 Å². The molecule has 1 aliphatic heterocycles. The molecule has 4 nitrogen and oxygen atoms in total. The average molecular weight is 222 g/mol. The lowest BCUT2D eigenvalue weighted by Gasteiger charge is -2.27. The van der Waals surface area contributed by atoms with Crippen LogP contribution < -0.4 is 10.6 Å². The number of piperidine rings is 1. The Morgan fingerprint density at radius 1 is 1.20 bits per heavy atom. The quantitative estimate of drug-likeness (QED) is 0.759. The van der Waals surface area contributed by atoms with Crippen LogP contribution in [0.15, 0.2) is 12.4 Å². The van der Waals surface area contributed by atoms with Gasteiger partial charge >= 0.3 is 0 Å². The van der Waals surface area contributed by atoms with Crippen LogP contribution in [0.25, 0.3) is 0 Å². The van der Waals surface area contributed by atoms with Gasteiger partial charge in [0.1, 0.15) is 16.5 Å². The number of thiocarbonyl (C=S) groups is 1. The Morgan fingerprint density at radius 3 is 2.47 bits per heavy atom. The second kappa shape index (κ2) is 4.53. The van der Waals surface area contributed by atoms with Gasteiger partial charge in [0.2, 0.25) is 0 Å². The molecule has 2 N–H and O–H groups in total. The third-order valence-corrected chi connectivity index (χ3v) is 2.78. The van der Waals surface area contributed by atoms with Gasteiger partial charge in [-0.05, 0) is 19.3 Å². The first kappa shape index (κ1) is 10.3. The highest BCUT2D eigenvalue weighted by Crippen LogP contribution is 2.16. The van der Waals surface area contributed by atoms with Crippen molar-refractivity contribution in [2.45, 2.75) is 19.3 Å². The van der Waals surface area contributed by atoms with Gasteiger partial charge in [0.05, 0.1) is 12.4 Å². The van der Waals surface area contributed by atoms with Crippen LogP contribution in [0, 0.1) is 0 Å². The fraction of sp³-hybridized carbons (Fsp3) is 0.500. The van der Waals surface area contributed by atoms with Crippen molar-refractivity contribution < 1.29 is 0 Å². The third kappa shape index (κ3) is 2.41. The Labute approximate surface area is 94.5 Å². The summed E-state index contributed by atoms with van der Waals surface area (Å²) in [7, 11) is 0. The number of nitrogens with zero attached hydrogens (tertiary/aromatic N) is 3. The maximum atomic E-state index is 5.46. The highest BCUT2D eigenvalue weighted by molar-refractivity contribution is 7.80. The van der Waals surface area contributed by atoms with Gasteiger partial charge in [-0.3, -0.25) is 0 Å². The number of anilines is 1. The molecule has 0 atom stereocenters. The first-order valence-corrected chi connectivity index (χ1v) is 5.55. The van der Waals surface area contributed by atoms with Crippen molar-refractivity contribution in [1.82, 2.24) is 9.97 Å². The fourth-order valence-electron chi connectivity index (χ4n) is 1.73. The molecule has 2 heterocycles. The van der Waals surface area contributed by atoms with Crippen molar-refractivity contribution in [2.24, 2.45) is 5.73 Å². The molecule has 0 amide bonds. The predicted octanol–water partition coefficient (Wildman–Crippen LogP) is 1.10. The number of hydrogen-bond donors (Lipinski definition) is 1. The summed E-state index contributed by atoms with van der Waals surface area (Å²) in [5.74, 6) is 0.926. The molecule has 1 fully saturated rings. The predicted molar refractivity (Wildman–Crippen MR) is 64.0 cm³/mol. The molecule has 15 heavy (non-hydrogen) atoms. The standard InChI is InChI=1S/C10H14N4S/c11-10(15)8-6-13-9(7-12-8)14-4-2-1-3-5-14/h6-7H,1-5H2,(H2,11,15). The van der Waals surface area contributed by atoms with Crippen LogP contribution in [0.4, 0.5) is 5.82 Å². The molecule has 0 radical (unpaired) electrons. The summed E-state index contributed by atoms with van der Waals surface area (Å²) in [6, 6.07) is 0. The molecule has 0 bridgehead atoms. The molecule has 0 spiro atoms. The van der Waals surface area contributed by atoms with Crippen LogP contribution in [-0.2, 0) is 0 Å². The number of rotatable bonds is 2. The molecule has 0 saturated carbocycles. The molecular formula is C10H14N4S. The van der Waals surface area contributed by atoms with Crippen molar-refractivity contribution in [1.29, 1.82) is 0 Å². The molecule has 1 aromatic rings. The van der Waals surface area contributed by atoms with Gasteiger partial charge in [0.25, 0.3) is 0 Å². The van der Waals surface area contributed by atoms with Crippen molar-refractivity contribution in [3.05, 3.63) is 18.1 Å². The van der Waals surface area contributed by atoms with Crippen LogP contribution in [0.1, 0.15) is 25.0 Å². The highest BCUT2D eigenvalue weighted by Gasteiger charge is 2.12. The van der Waals surface area contributed by atoms with Crippen molar-refractivity contribution >= 4 is 23.0 Å². The largest absolute Gasteiger partial charge is 0.388 e. The molecule has 0 aromatic carbocycles. The van der Waals surface area contributed by atoms with E-state index in [1.54, 1.807) is 12.4 Å². The van der Waals surface area contributed by atoms with Crippen molar-refractivity contribution in [3.8, 4) is 0 Å². The number of hydrogen-bond acceptors (Lipinski definition) is 4. The van der Waals surface area contributed by atoms with Gasteiger partial charge in [0, 0.05) is 13.1 Å². The smallest absolute Gasteiger partial charge is 0.147 e. The summed E-state index contributed by atoms with van der Waals surface area (Å²) < 4.78 is 0. The molecule has 1 aromatic heterocycles. The maximum absolute atomic E-state index is 5.46. The molecule has 2 rings (SSSR count). The summed E-state index contributed by atoms with van der Waals surface area (Å²) in [5, 5.41) is 0. The summed E-state index contributed by atoms with van der Waals surface area (Å²) >= 11 is 4.82. The Balaban J connectivity index is 2.11. The van der Waals surface area contributed by atoms with Crippen molar-refractivity contribution in [2.75, 3.05) is 18.0 Å². The normalized spacial score (nSPS) is 16.4. The van der Waals surface area contributed by atoms with Crippen LogP contribution in [0.2, 0.25) is 0 Å². The topological polar surface area (TPSA) is 55.0 Å². The van der Waals surface area contributed by atoms with E-state index >= 15 is 0 Å². The van der Waals surface area contributed by atoms with Crippen LogP contribution in [0.5, 0.6) is 0 Å². The minimum atomic E-state index is 0.299. The molecular weight excluding hydrogens is 208 g/mol. The zero-order valence-electron chi connectivity index (χ0n) is 8.52. The summed E-state index contributed by atoms with van der Waals surface area (Å²) in [6.07, 6.45) is 7.18. The summed E-state index contributed by atoms with van der Waals surface area (Å²) in [5.41, 5.74) is 6.05. The van der Waals surface area contributed by atoms with E-state index in [9.17, 15) is 0 Å². The van der Waals surface area contributed by atoms with E-state index in [4.69, 9.17) is 18.0 Å². The van der Waals surface area contributed by atoms with Gasteiger partial charge in [-0.1, -0.05) is 12.2 Å². The monoisotopic (exact) mass is 222 g/mol. The summed E-state index contributed by atoms with van der Waals surface area (Å²) in [4.78, 5) is 11.1. The molecule has 5 heteroatoms. The number of nitrogens with two attached hydrogens (primary N) is 1. The van der Waals surface area contributed by atoms with Gasteiger partial charge in [-0.15, -0.1) is 0 Å². The minimum Gasteiger partial charge on any atom is -0.388 e. The fourth-order valence-corrected chi connectivity index (χ4v) is 1.84. The first-order chi connectivity index (χ1) is 7.27. The SMILES string of the molecule is NC(=S)c1cnc(N2CCCCC2)cn1. The molecule has 0 aliphatic carbocycles. The lowest BCUT2D eigenvalue weighted by atomic mass is 10.1. The van der Waals surface area contributed by atoms with Crippen molar-refractivity contribution in [3.63, 3.8) is 0 Å². The van der Waals surface area contributed by atoms with E-state index in [2.05, 4.69) is 14.9 Å². The Hall–Kier alpha value is -1.23. The van der Waals surface area contributed by atoms with E-state index in [0.717, 1.165) is 18.9 Å². The Morgan fingerprint density at radius 2 is 1.93 bits per heavy atom. The molecule has 1 saturated heterocycles. The average Bonchev–Trinajstić information content (AvgIpc) is 2.30. The number of aromatic nitrogens is 2. The lowest BCUT2D eigenvalue weighted by molar-refractivity contribution is 0.572. The van der Waals surface area contributed by atoms with E-state index in [1.807, 2.05) is 0 Å². The second-order valence-electron chi connectivity index (χ2n) is 3.67. The van der Waals surface area contributed by atoms with Crippen LogP contribution in [0.3, 0.4) is 0 Å². The van der Waals surface area contributed by atoms with E-state index in [1.165, 1.54) is 19.3 Å². The third-order valence-electron chi connectivity index (χ3n) is 2.57. The Kier molecular flexibility index (Phi) is 3.11.